The molecule has 0 aliphatic rings. The van der Waals surface area contributed by atoms with Crippen molar-refractivity contribution in [2.24, 2.45) is 0 Å². The first-order valence-electron chi connectivity index (χ1n) is 4.49. The van der Waals surface area contributed by atoms with Crippen molar-refractivity contribution in [3.8, 4) is 11.3 Å². The highest BCUT2D eigenvalue weighted by Gasteiger charge is 2.12. The molecule has 0 unspecified atom stereocenters. The largest absolute Gasteiger partial charge is 0.356 e. The van der Waals surface area contributed by atoms with Crippen molar-refractivity contribution in [2.75, 3.05) is 0 Å². The first-order valence-corrected chi connectivity index (χ1v) is 5.99. The van der Waals surface area contributed by atoms with E-state index in [9.17, 15) is 0 Å². The SMILES string of the molecule is Cc1c(CBr)noc1-c1cccc(Cl)c1. The van der Waals surface area contributed by atoms with E-state index in [1.54, 1.807) is 0 Å². The Morgan fingerprint density at radius 2 is 2.27 bits per heavy atom. The van der Waals surface area contributed by atoms with Crippen LogP contribution in [0, 0.1) is 6.92 Å². The van der Waals surface area contributed by atoms with E-state index in [1.165, 1.54) is 0 Å². The predicted octanol–water partition coefficient (Wildman–Crippen LogP) is 4.20. The quantitative estimate of drug-likeness (QED) is 0.773. The maximum Gasteiger partial charge on any atom is 0.170 e. The molecule has 2 rings (SSSR count). The van der Waals surface area contributed by atoms with E-state index >= 15 is 0 Å². The summed E-state index contributed by atoms with van der Waals surface area (Å²) in [4.78, 5) is 0. The van der Waals surface area contributed by atoms with Crippen molar-refractivity contribution in [1.82, 2.24) is 5.16 Å². The van der Waals surface area contributed by atoms with Crippen LogP contribution in [0.5, 0.6) is 0 Å². The van der Waals surface area contributed by atoms with E-state index in [0.717, 1.165) is 22.6 Å². The number of hydrogen-bond donors (Lipinski definition) is 0. The molecule has 0 spiro atoms. The van der Waals surface area contributed by atoms with Gasteiger partial charge in [0.15, 0.2) is 5.76 Å². The van der Waals surface area contributed by atoms with Crippen LogP contribution in [0.2, 0.25) is 5.02 Å². The van der Waals surface area contributed by atoms with E-state index in [0.29, 0.717) is 10.4 Å². The van der Waals surface area contributed by atoms with E-state index < -0.39 is 0 Å². The Hall–Kier alpha value is -0.800. The van der Waals surface area contributed by atoms with Crippen LogP contribution in [0.4, 0.5) is 0 Å². The molecule has 0 N–H and O–H groups in total. The average molecular weight is 287 g/mol. The Morgan fingerprint density at radius 3 is 2.87 bits per heavy atom. The van der Waals surface area contributed by atoms with Gasteiger partial charge >= 0.3 is 0 Å². The third-order valence-electron chi connectivity index (χ3n) is 2.23. The lowest BCUT2D eigenvalue weighted by Gasteiger charge is -1.97. The average Bonchev–Trinajstić information content (AvgIpc) is 2.59. The smallest absolute Gasteiger partial charge is 0.170 e. The molecule has 1 aromatic carbocycles. The van der Waals surface area contributed by atoms with Gasteiger partial charge in [-0.05, 0) is 19.1 Å². The molecule has 78 valence electrons. The number of alkyl halides is 1. The standard InChI is InChI=1S/C11H9BrClNO/c1-7-10(6-12)14-15-11(7)8-3-2-4-9(13)5-8/h2-5H,6H2,1H3. The van der Waals surface area contributed by atoms with Crippen molar-refractivity contribution in [1.29, 1.82) is 0 Å². The summed E-state index contributed by atoms with van der Waals surface area (Å²) in [7, 11) is 0. The van der Waals surface area contributed by atoms with Crippen LogP contribution in [0.1, 0.15) is 11.3 Å². The maximum atomic E-state index is 5.92. The molecule has 4 heteroatoms. The highest BCUT2D eigenvalue weighted by Crippen LogP contribution is 2.28. The Bertz CT molecular complexity index is 481. The molecular weight excluding hydrogens is 277 g/mol. The number of nitrogens with zero attached hydrogens (tertiary/aromatic N) is 1. The molecule has 0 fully saturated rings. The second-order valence-corrected chi connectivity index (χ2v) is 4.22. The Morgan fingerprint density at radius 1 is 1.47 bits per heavy atom. The number of benzene rings is 1. The van der Waals surface area contributed by atoms with Crippen LogP contribution in [0.15, 0.2) is 28.8 Å². The molecule has 0 bridgehead atoms. The zero-order valence-electron chi connectivity index (χ0n) is 8.13. The van der Waals surface area contributed by atoms with Crippen molar-refractivity contribution in [2.45, 2.75) is 12.3 Å². The lowest BCUT2D eigenvalue weighted by molar-refractivity contribution is 0.426. The zero-order chi connectivity index (χ0) is 10.8. The van der Waals surface area contributed by atoms with Crippen LogP contribution < -0.4 is 0 Å². The van der Waals surface area contributed by atoms with E-state index in [-0.39, 0.29) is 0 Å². The summed E-state index contributed by atoms with van der Waals surface area (Å²) in [5.74, 6) is 0.784. The molecular formula is C11H9BrClNO. The summed E-state index contributed by atoms with van der Waals surface area (Å²) in [6.45, 7) is 1.99. The molecule has 0 aliphatic heterocycles. The number of rotatable bonds is 2. The van der Waals surface area contributed by atoms with Gasteiger partial charge < -0.3 is 4.52 Å². The summed E-state index contributed by atoms with van der Waals surface area (Å²) >= 11 is 9.28. The van der Waals surface area contributed by atoms with Crippen LogP contribution >= 0.6 is 27.5 Å². The Balaban J connectivity index is 2.49. The van der Waals surface area contributed by atoms with Gasteiger partial charge in [-0.3, -0.25) is 0 Å². The van der Waals surface area contributed by atoms with Gasteiger partial charge in [0, 0.05) is 21.5 Å². The van der Waals surface area contributed by atoms with E-state index in [4.69, 9.17) is 16.1 Å². The molecule has 1 heterocycles. The first kappa shape index (κ1) is 10.7. The molecule has 0 radical (unpaired) electrons. The summed E-state index contributed by atoms with van der Waals surface area (Å²) in [6, 6.07) is 7.56. The third-order valence-corrected chi connectivity index (χ3v) is 3.00. The minimum atomic E-state index is 0.697. The van der Waals surface area contributed by atoms with Gasteiger partial charge in [-0.1, -0.05) is 44.8 Å². The topological polar surface area (TPSA) is 26.0 Å². The maximum absolute atomic E-state index is 5.92. The first-order chi connectivity index (χ1) is 7.22. The Kier molecular flexibility index (Phi) is 3.12. The van der Waals surface area contributed by atoms with E-state index in [1.807, 2.05) is 31.2 Å². The van der Waals surface area contributed by atoms with Gasteiger partial charge in [0.2, 0.25) is 0 Å². The van der Waals surface area contributed by atoms with Crippen LogP contribution in [0.25, 0.3) is 11.3 Å². The zero-order valence-corrected chi connectivity index (χ0v) is 10.5. The van der Waals surface area contributed by atoms with Gasteiger partial charge in [-0.2, -0.15) is 0 Å². The highest BCUT2D eigenvalue weighted by atomic mass is 79.9. The normalized spacial score (nSPS) is 10.6. The molecule has 2 nitrogen and oxygen atoms in total. The van der Waals surface area contributed by atoms with Crippen molar-refractivity contribution >= 4 is 27.5 Å². The minimum absolute atomic E-state index is 0.697. The molecule has 0 saturated heterocycles. The Labute approximate surface area is 101 Å². The van der Waals surface area contributed by atoms with Crippen LogP contribution in [-0.4, -0.2) is 5.16 Å². The van der Waals surface area contributed by atoms with Gasteiger partial charge in [-0.25, -0.2) is 0 Å². The lowest BCUT2D eigenvalue weighted by Crippen LogP contribution is -1.81. The van der Waals surface area contributed by atoms with E-state index in [2.05, 4.69) is 21.1 Å². The van der Waals surface area contributed by atoms with Crippen molar-refractivity contribution in [3.05, 3.63) is 40.5 Å². The summed E-state index contributed by atoms with van der Waals surface area (Å²) < 4.78 is 5.29. The van der Waals surface area contributed by atoms with Crippen LogP contribution in [0.3, 0.4) is 0 Å². The number of hydrogen-bond acceptors (Lipinski definition) is 2. The summed E-state index contributed by atoms with van der Waals surface area (Å²) in [6.07, 6.45) is 0. The second kappa shape index (κ2) is 4.37. The monoisotopic (exact) mass is 285 g/mol. The van der Waals surface area contributed by atoms with Gasteiger partial charge in [0.1, 0.15) is 0 Å². The van der Waals surface area contributed by atoms with Gasteiger partial charge in [0.25, 0.3) is 0 Å². The van der Waals surface area contributed by atoms with Crippen molar-refractivity contribution < 1.29 is 4.52 Å². The molecule has 2 aromatic rings. The number of aromatic nitrogens is 1. The van der Waals surface area contributed by atoms with Gasteiger partial charge in [0.05, 0.1) is 5.69 Å². The number of halogens is 2. The second-order valence-electron chi connectivity index (χ2n) is 3.23. The molecule has 0 amide bonds. The fourth-order valence-corrected chi connectivity index (χ4v) is 2.11. The molecule has 0 atom stereocenters. The highest BCUT2D eigenvalue weighted by molar-refractivity contribution is 9.08. The fraction of sp³-hybridized carbons (Fsp3) is 0.182. The lowest BCUT2D eigenvalue weighted by atomic mass is 10.1. The summed E-state index contributed by atoms with van der Waals surface area (Å²) in [5, 5.41) is 5.37. The molecule has 0 aliphatic carbocycles. The summed E-state index contributed by atoms with van der Waals surface area (Å²) in [5.41, 5.74) is 2.93. The van der Waals surface area contributed by atoms with Crippen LogP contribution in [-0.2, 0) is 5.33 Å². The van der Waals surface area contributed by atoms with Crippen molar-refractivity contribution in [3.63, 3.8) is 0 Å². The predicted molar refractivity (Wildman–Crippen MR) is 64.3 cm³/mol. The van der Waals surface area contributed by atoms with Gasteiger partial charge in [-0.15, -0.1) is 0 Å². The minimum Gasteiger partial charge on any atom is -0.356 e. The molecule has 0 saturated carbocycles. The molecule has 15 heavy (non-hydrogen) atoms. The third kappa shape index (κ3) is 2.08. The molecule has 1 aromatic heterocycles. The fourth-order valence-electron chi connectivity index (χ4n) is 1.39.